The Morgan fingerprint density at radius 3 is 2.26 bits per heavy atom. The lowest BCUT2D eigenvalue weighted by atomic mass is 10.0. The lowest BCUT2D eigenvalue weighted by molar-refractivity contribution is -0.137. The van der Waals surface area contributed by atoms with Crippen molar-refractivity contribution in [3.8, 4) is 0 Å². The van der Waals surface area contributed by atoms with Crippen LogP contribution in [0.25, 0.3) is 0 Å². The Bertz CT molecular complexity index is 1670. The minimum atomic E-state index is -4.70. The molecule has 1 fully saturated rings. The van der Waals surface area contributed by atoms with E-state index < -0.39 is 41.5 Å². The highest BCUT2D eigenvalue weighted by molar-refractivity contribution is 7.99. The van der Waals surface area contributed by atoms with Crippen molar-refractivity contribution in [2.45, 2.75) is 82.9 Å². The molecule has 1 aliphatic rings. The number of nitrogens with zero attached hydrogens (tertiary/aromatic N) is 1. The van der Waals surface area contributed by atoms with Gasteiger partial charge in [-0.2, -0.15) is 13.2 Å². The molecule has 1 aromatic heterocycles. The lowest BCUT2D eigenvalue weighted by Gasteiger charge is -2.21. The Morgan fingerprint density at radius 1 is 1.00 bits per heavy atom. The number of carbonyl (C=O) groups is 1. The predicted molar refractivity (Wildman–Crippen MR) is 155 cm³/mol. The molecule has 0 amide bonds. The first-order valence-electron chi connectivity index (χ1n) is 13.2. The SMILES string of the molecule is CCCC(=O)c1nc(NS(=O)(=O)c2ccc(C(F)(F)F)cc2Cl)ccc1Sc1ccc(S(=O)(=O)C2CCCCC2)cc1. The number of nitrogens with one attached hydrogen (secondary N) is 1. The average Bonchev–Trinajstić information content (AvgIpc) is 2.94. The summed E-state index contributed by atoms with van der Waals surface area (Å²) < 4.78 is 93.0. The summed E-state index contributed by atoms with van der Waals surface area (Å²) in [6.45, 7) is 1.80. The van der Waals surface area contributed by atoms with Crippen LogP contribution in [0.4, 0.5) is 19.0 Å². The molecular weight excluding hydrogens is 633 g/mol. The molecule has 0 spiro atoms. The molecule has 0 saturated heterocycles. The number of halogens is 4. The number of carbonyl (C=O) groups excluding carboxylic acids is 1. The molecule has 1 heterocycles. The van der Waals surface area contributed by atoms with Gasteiger partial charge in [-0.1, -0.05) is 49.5 Å². The van der Waals surface area contributed by atoms with Gasteiger partial charge in [-0.25, -0.2) is 21.8 Å². The van der Waals surface area contributed by atoms with Crippen LogP contribution in [0.3, 0.4) is 0 Å². The zero-order valence-corrected chi connectivity index (χ0v) is 25.7. The summed E-state index contributed by atoms with van der Waals surface area (Å²) in [5.74, 6) is -0.561. The number of Topliss-reactive ketones (excluding diaryl/α,β-unsaturated/α-hetero) is 1. The summed E-state index contributed by atoms with van der Waals surface area (Å²) in [6, 6.07) is 11.1. The van der Waals surface area contributed by atoms with E-state index in [4.69, 9.17) is 11.6 Å². The second kappa shape index (κ2) is 12.9. The number of pyridine rings is 1. The largest absolute Gasteiger partial charge is 0.416 e. The summed E-state index contributed by atoms with van der Waals surface area (Å²) in [6.07, 6.45) is 0.0647. The first-order chi connectivity index (χ1) is 19.7. The van der Waals surface area contributed by atoms with Crippen molar-refractivity contribution in [1.82, 2.24) is 4.98 Å². The van der Waals surface area contributed by atoms with Crippen LogP contribution in [0.1, 0.15) is 67.9 Å². The number of anilines is 1. The van der Waals surface area contributed by atoms with Crippen LogP contribution in [0, 0.1) is 0 Å². The van der Waals surface area contributed by atoms with E-state index in [0.29, 0.717) is 41.2 Å². The van der Waals surface area contributed by atoms with Gasteiger partial charge in [0.15, 0.2) is 15.6 Å². The third kappa shape index (κ3) is 7.47. The van der Waals surface area contributed by atoms with Gasteiger partial charge in [0.2, 0.25) is 0 Å². The molecular formula is C28H28ClF3N2O5S3. The van der Waals surface area contributed by atoms with Crippen LogP contribution in [-0.4, -0.2) is 32.9 Å². The predicted octanol–water partition coefficient (Wildman–Crippen LogP) is 7.80. The topological polar surface area (TPSA) is 110 Å². The molecule has 0 unspecified atom stereocenters. The highest BCUT2D eigenvalue weighted by Gasteiger charge is 2.32. The summed E-state index contributed by atoms with van der Waals surface area (Å²) >= 11 is 7.04. The lowest BCUT2D eigenvalue weighted by Crippen LogP contribution is -2.24. The Kier molecular flexibility index (Phi) is 9.96. The number of aromatic nitrogens is 1. The fourth-order valence-electron chi connectivity index (χ4n) is 4.61. The smallest absolute Gasteiger partial charge is 0.292 e. The minimum Gasteiger partial charge on any atom is -0.292 e. The van der Waals surface area contributed by atoms with E-state index in [1.807, 2.05) is 0 Å². The van der Waals surface area contributed by atoms with Crippen molar-refractivity contribution in [1.29, 1.82) is 0 Å². The Morgan fingerprint density at radius 2 is 1.67 bits per heavy atom. The summed E-state index contributed by atoms with van der Waals surface area (Å²) in [5, 5.41) is -1.01. The molecule has 1 N–H and O–H groups in total. The molecule has 7 nitrogen and oxygen atoms in total. The highest BCUT2D eigenvalue weighted by atomic mass is 35.5. The molecule has 0 radical (unpaired) electrons. The van der Waals surface area contributed by atoms with Crippen molar-refractivity contribution in [2.75, 3.05) is 4.72 Å². The van der Waals surface area contributed by atoms with E-state index in [9.17, 15) is 34.8 Å². The van der Waals surface area contributed by atoms with Gasteiger partial charge in [0.1, 0.15) is 16.4 Å². The maximum atomic E-state index is 13.0. The number of alkyl halides is 3. The summed E-state index contributed by atoms with van der Waals surface area (Å²) in [7, 11) is -7.89. The van der Waals surface area contributed by atoms with Crippen LogP contribution in [0.15, 0.2) is 74.2 Å². The molecule has 1 saturated carbocycles. The van der Waals surface area contributed by atoms with Crippen LogP contribution in [0.5, 0.6) is 0 Å². The van der Waals surface area contributed by atoms with Crippen molar-refractivity contribution < 1.29 is 34.8 Å². The molecule has 0 aliphatic heterocycles. The van der Waals surface area contributed by atoms with Gasteiger partial charge in [-0.05, 0) is 73.9 Å². The van der Waals surface area contributed by atoms with Gasteiger partial charge in [-0.3, -0.25) is 9.52 Å². The number of hydrogen-bond donors (Lipinski definition) is 1. The van der Waals surface area contributed by atoms with Gasteiger partial charge in [0.25, 0.3) is 10.0 Å². The number of rotatable bonds is 10. The van der Waals surface area contributed by atoms with E-state index in [-0.39, 0.29) is 33.9 Å². The van der Waals surface area contributed by atoms with Crippen molar-refractivity contribution in [3.63, 3.8) is 0 Å². The number of ketones is 1. The van der Waals surface area contributed by atoms with E-state index in [1.165, 1.54) is 23.9 Å². The maximum absolute atomic E-state index is 13.0. The Labute approximate surface area is 252 Å². The van der Waals surface area contributed by atoms with Crippen LogP contribution >= 0.6 is 23.4 Å². The normalized spacial score (nSPS) is 15.0. The number of benzene rings is 2. The van der Waals surface area contributed by atoms with Crippen molar-refractivity contribution >= 4 is 54.8 Å². The van der Waals surface area contributed by atoms with E-state index in [1.54, 1.807) is 31.2 Å². The molecule has 14 heteroatoms. The zero-order chi connectivity index (χ0) is 30.7. The molecule has 1 aliphatic carbocycles. The van der Waals surface area contributed by atoms with Gasteiger partial charge < -0.3 is 0 Å². The highest BCUT2D eigenvalue weighted by Crippen LogP contribution is 2.36. The fraction of sp³-hybridized carbons (Fsp3) is 0.357. The minimum absolute atomic E-state index is 0.000491. The van der Waals surface area contributed by atoms with E-state index in [0.717, 1.165) is 25.3 Å². The molecule has 2 aromatic carbocycles. The fourth-order valence-corrected chi connectivity index (χ4v) is 8.93. The maximum Gasteiger partial charge on any atom is 0.416 e. The summed E-state index contributed by atoms with van der Waals surface area (Å²) in [4.78, 5) is 17.9. The number of sulfonamides is 1. The van der Waals surface area contributed by atoms with Gasteiger partial charge >= 0.3 is 6.18 Å². The zero-order valence-electron chi connectivity index (χ0n) is 22.4. The summed E-state index contributed by atoms with van der Waals surface area (Å²) in [5.41, 5.74) is -1.10. The van der Waals surface area contributed by atoms with E-state index in [2.05, 4.69) is 9.71 Å². The number of hydrogen-bond acceptors (Lipinski definition) is 7. The molecule has 226 valence electrons. The van der Waals surface area contributed by atoms with Crippen molar-refractivity contribution in [2.24, 2.45) is 0 Å². The third-order valence-electron chi connectivity index (χ3n) is 6.76. The molecule has 42 heavy (non-hydrogen) atoms. The molecule has 3 aromatic rings. The first kappa shape index (κ1) is 32.3. The molecule has 0 bridgehead atoms. The standard InChI is InChI=1S/C28H28ClF3N2O5S3/c1-2-6-23(35)27-24(40-19-10-12-21(13-11-19)41(36,37)20-7-4-3-5-8-20)14-16-26(33-27)34-42(38,39)25-15-9-18(17-22(25)29)28(30,31)32/h9-17,20H,2-8H2,1H3,(H,33,34). The van der Waals surface area contributed by atoms with Crippen LogP contribution in [-0.2, 0) is 26.0 Å². The average molecular weight is 661 g/mol. The first-order valence-corrected chi connectivity index (χ1v) is 17.4. The molecule has 4 rings (SSSR count). The number of sulfone groups is 1. The monoisotopic (exact) mass is 660 g/mol. The molecule has 0 atom stereocenters. The quantitative estimate of drug-likeness (QED) is 0.221. The van der Waals surface area contributed by atoms with Crippen LogP contribution in [0.2, 0.25) is 5.02 Å². The van der Waals surface area contributed by atoms with Gasteiger partial charge in [0.05, 0.1) is 20.7 Å². The Balaban J connectivity index is 1.59. The van der Waals surface area contributed by atoms with Crippen LogP contribution < -0.4 is 4.72 Å². The van der Waals surface area contributed by atoms with E-state index >= 15 is 0 Å². The van der Waals surface area contributed by atoms with Crippen molar-refractivity contribution in [3.05, 3.63) is 70.9 Å². The second-order valence-electron chi connectivity index (χ2n) is 9.84. The Hall–Kier alpha value is -2.61. The second-order valence-corrected chi connectivity index (χ2v) is 15.2. The third-order valence-corrected chi connectivity index (χ3v) is 11.9. The van der Waals surface area contributed by atoms with Gasteiger partial charge in [0, 0.05) is 16.2 Å². The van der Waals surface area contributed by atoms with Gasteiger partial charge in [-0.15, -0.1) is 0 Å².